The summed E-state index contributed by atoms with van der Waals surface area (Å²) in [6, 6.07) is 3.67. The molecule has 1 aromatic heterocycles. The van der Waals surface area contributed by atoms with Crippen LogP contribution in [-0.4, -0.2) is 48.8 Å². The van der Waals surface area contributed by atoms with E-state index < -0.39 is 0 Å². The number of carbonyl (C=O) groups excluding carboxylic acids is 1. The van der Waals surface area contributed by atoms with Crippen molar-refractivity contribution in [1.82, 2.24) is 4.90 Å². The van der Waals surface area contributed by atoms with Crippen molar-refractivity contribution in [2.24, 2.45) is 0 Å². The van der Waals surface area contributed by atoms with Crippen molar-refractivity contribution < 1.29 is 14.6 Å². The molecule has 1 N–H and O–H groups in total. The number of aliphatic hydroxyl groups excluding tert-OH is 1. The van der Waals surface area contributed by atoms with Crippen molar-refractivity contribution in [3.05, 3.63) is 21.9 Å². The molecule has 0 aromatic carbocycles. The number of methoxy groups -OCH3 is 1. The second kappa shape index (κ2) is 6.71. The maximum absolute atomic E-state index is 12.2. The molecule has 2 rings (SSSR count). The highest BCUT2D eigenvalue weighted by molar-refractivity contribution is 7.14. The van der Waals surface area contributed by atoms with Crippen molar-refractivity contribution in [2.45, 2.75) is 18.9 Å². The summed E-state index contributed by atoms with van der Waals surface area (Å²) in [5.74, 6) is 5.85. The molecule has 1 atom stereocenters. The predicted octanol–water partition coefficient (Wildman–Crippen LogP) is 1.34. The van der Waals surface area contributed by atoms with Crippen molar-refractivity contribution >= 4 is 17.2 Å². The molecule has 0 bridgehead atoms. The number of rotatable bonds is 3. The molecule has 2 heterocycles. The number of aliphatic hydroxyl groups is 1. The van der Waals surface area contributed by atoms with Crippen LogP contribution in [0.5, 0.6) is 0 Å². The third-order valence-electron chi connectivity index (χ3n) is 3.03. The van der Waals surface area contributed by atoms with E-state index in [-0.39, 0.29) is 18.6 Å². The molecule has 4 nitrogen and oxygen atoms in total. The lowest BCUT2D eigenvalue weighted by atomic mass is 10.3. The highest BCUT2D eigenvalue weighted by Crippen LogP contribution is 2.21. The number of carbonyl (C=O) groups is 1. The second-order valence-corrected chi connectivity index (χ2v) is 5.42. The first kappa shape index (κ1) is 14.1. The SMILES string of the molecule is COC1CCN(C(=O)c2ccc(C#CCCO)s2)C1. The van der Waals surface area contributed by atoms with E-state index in [1.165, 1.54) is 11.3 Å². The Hall–Kier alpha value is -1.35. The highest BCUT2D eigenvalue weighted by atomic mass is 32.1. The van der Waals surface area contributed by atoms with Gasteiger partial charge in [-0.3, -0.25) is 4.79 Å². The fraction of sp³-hybridized carbons (Fsp3) is 0.500. The molecular weight excluding hydrogens is 262 g/mol. The zero-order valence-electron chi connectivity index (χ0n) is 10.9. The zero-order valence-corrected chi connectivity index (χ0v) is 11.7. The minimum atomic E-state index is 0.0553. The fourth-order valence-corrected chi connectivity index (χ4v) is 2.84. The summed E-state index contributed by atoms with van der Waals surface area (Å²) in [4.78, 5) is 15.6. The molecule has 5 heteroatoms. The van der Waals surface area contributed by atoms with Gasteiger partial charge >= 0.3 is 0 Å². The number of nitrogens with zero attached hydrogens (tertiary/aromatic N) is 1. The summed E-state index contributed by atoms with van der Waals surface area (Å²) in [5, 5.41) is 8.66. The van der Waals surface area contributed by atoms with Gasteiger partial charge in [0.25, 0.3) is 5.91 Å². The fourth-order valence-electron chi connectivity index (χ4n) is 1.99. The molecule has 1 aromatic rings. The number of ether oxygens (including phenoxy) is 1. The molecule has 102 valence electrons. The molecule has 1 aliphatic heterocycles. The Morgan fingerprint density at radius 2 is 2.47 bits per heavy atom. The lowest BCUT2D eigenvalue weighted by Gasteiger charge is -2.14. The first-order valence-electron chi connectivity index (χ1n) is 6.26. The summed E-state index contributed by atoms with van der Waals surface area (Å²) in [6.07, 6.45) is 1.52. The monoisotopic (exact) mass is 279 g/mol. The Kier molecular flexibility index (Phi) is 4.97. The van der Waals surface area contributed by atoms with Crippen LogP contribution in [0.15, 0.2) is 12.1 Å². The minimum absolute atomic E-state index is 0.0553. The first-order valence-corrected chi connectivity index (χ1v) is 7.08. The zero-order chi connectivity index (χ0) is 13.7. The summed E-state index contributed by atoms with van der Waals surface area (Å²) in [7, 11) is 1.68. The average molecular weight is 279 g/mol. The van der Waals surface area contributed by atoms with Crippen LogP contribution < -0.4 is 0 Å². The van der Waals surface area contributed by atoms with E-state index >= 15 is 0 Å². The molecule has 0 aliphatic carbocycles. The molecule has 0 spiro atoms. The molecular formula is C14H17NO3S. The summed E-state index contributed by atoms with van der Waals surface area (Å²) < 4.78 is 5.26. The normalized spacial score (nSPS) is 18.2. The largest absolute Gasteiger partial charge is 0.395 e. The molecule has 1 saturated heterocycles. The number of likely N-dealkylation sites (tertiary alicyclic amines) is 1. The number of hydrogen-bond acceptors (Lipinski definition) is 4. The maximum Gasteiger partial charge on any atom is 0.264 e. The molecule has 0 radical (unpaired) electrons. The Labute approximate surface area is 117 Å². The topological polar surface area (TPSA) is 49.8 Å². The van der Waals surface area contributed by atoms with Gasteiger partial charge in [0, 0.05) is 26.6 Å². The van der Waals surface area contributed by atoms with Crippen molar-refractivity contribution in [2.75, 3.05) is 26.8 Å². The quantitative estimate of drug-likeness (QED) is 0.850. The van der Waals surface area contributed by atoms with E-state index in [4.69, 9.17) is 9.84 Å². The van der Waals surface area contributed by atoms with E-state index in [1.807, 2.05) is 17.0 Å². The van der Waals surface area contributed by atoms with E-state index in [1.54, 1.807) is 7.11 Å². The van der Waals surface area contributed by atoms with Crippen LogP contribution >= 0.6 is 11.3 Å². The third-order valence-corrected chi connectivity index (χ3v) is 4.02. The predicted molar refractivity (Wildman–Crippen MR) is 74.2 cm³/mol. The molecule has 1 fully saturated rings. The van der Waals surface area contributed by atoms with Crippen LogP contribution in [-0.2, 0) is 4.74 Å². The van der Waals surface area contributed by atoms with Crippen LogP contribution in [0.2, 0.25) is 0 Å². The summed E-state index contributed by atoms with van der Waals surface area (Å²) in [5.41, 5.74) is 0. The second-order valence-electron chi connectivity index (χ2n) is 4.34. The molecule has 1 unspecified atom stereocenters. The highest BCUT2D eigenvalue weighted by Gasteiger charge is 2.27. The summed E-state index contributed by atoms with van der Waals surface area (Å²) in [6.45, 7) is 1.48. The number of hydrogen-bond donors (Lipinski definition) is 1. The van der Waals surface area contributed by atoms with Crippen molar-refractivity contribution in [1.29, 1.82) is 0 Å². The number of amides is 1. The van der Waals surface area contributed by atoms with Crippen LogP contribution in [0.4, 0.5) is 0 Å². The van der Waals surface area contributed by atoms with Gasteiger partial charge in [0.15, 0.2) is 0 Å². The van der Waals surface area contributed by atoms with E-state index in [0.717, 1.165) is 17.8 Å². The first-order chi connectivity index (χ1) is 9.24. The Bertz CT molecular complexity index is 500. The smallest absolute Gasteiger partial charge is 0.264 e. The van der Waals surface area contributed by atoms with E-state index in [9.17, 15) is 4.79 Å². The Morgan fingerprint density at radius 1 is 1.63 bits per heavy atom. The van der Waals surface area contributed by atoms with E-state index in [2.05, 4.69) is 11.8 Å². The lowest BCUT2D eigenvalue weighted by Crippen LogP contribution is -2.29. The van der Waals surface area contributed by atoms with Gasteiger partial charge in [-0.1, -0.05) is 11.8 Å². The van der Waals surface area contributed by atoms with Crippen LogP contribution in [0.1, 0.15) is 27.4 Å². The Balaban J connectivity index is 1.99. The van der Waals surface area contributed by atoms with E-state index in [0.29, 0.717) is 17.8 Å². The van der Waals surface area contributed by atoms with Gasteiger partial charge in [0.05, 0.1) is 22.5 Å². The van der Waals surface area contributed by atoms with Gasteiger partial charge < -0.3 is 14.7 Å². The van der Waals surface area contributed by atoms with Gasteiger partial charge in [-0.05, 0) is 18.6 Å². The average Bonchev–Trinajstić information content (AvgIpc) is 3.07. The third kappa shape index (κ3) is 3.57. The molecule has 19 heavy (non-hydrogen) atoms. The lowest BCUT2D eigenvalue weighted by molar-refractivity contribution is 0.0728. The van der Waals surface area contributed by atoms with Crippen LogP contribution in [0.3, 0.4) is 0 Å². The minimum Gasteiger partial charge on any atom is -0.395 e. The van der Waals surface area contributed by atoms with Gasteiger partial charge in [0.1, 0.15) is 0 Å². The molecule has 1 aliphatic rings. The van der Waals surface area contributed by atoms with Gasteiger partial charge in [-0.2, -0.15) is 0 Å². The van der Waals surface area contributed by atoms with Gasteiger partial charge in [0.2, 0.25) is 0 Å². The van der Waals surface area contributed by atoms with Gasteiger partial charge in [-0.25, -0.2) is 0 Å². The van der Waals surface area contributed by atoms with Crippen LogP contribution in [0, 0.1) is 11.8 Å². The maximum atomic E-state index is 12.2. The standard InChI is InChI=1S/C14H17NO3S/c1-18-11-7-8-15(10-11)14(17)13-6-5-12(19-13)4-2-3-9-16/h5-6,11,16H,3,7-10H2,1H3. The van der Waals surface area contributed by atoms with Crippen molar-refractivity contribution in [3.8, 4) is 11.8 Å². The molecule has 1 amide bonds. The van der Waals surface area contributed by atoms with Gasteiger partial charge in [-0.15, -0.1) is 11.3 Å². The van der Waals surface area contributed by atoms with Crippen molar-refractivity contribution in [3.63, 3.8) is 0 Å². The van der Waals surface area contributed by atoms with Crippen LogP contribution in [0.25, 0.3) is 0 Å². The number of thiophene rings is 1. The Morgan fingerprint density at radius 3 is 3.16 bits per heavy atom. The molecule has 0 saturated carbocycles. The summed E-state index contributed by atoms with van der Waals surface area (Å²) >= 11 is 1.40.